The lowest BCUT2D eigenvalue weighted by atomic mass is 10.1. The fourth-order valence-electron chi connectivity index (χ4n) is 1.50. The van der Waals surface area contributed by atoms with Crippen LogP contribution in [0.4, 0.5) is 10.4 Å². The maximum absolute atomic E-state index is 13.7. The third kappa shape index (κ3) is 3.72. The summed E-state index contributed by atoms with van der Waals surface area (Å²) in [7, 11) is 0. The first kappa shape index (κ1) is 14.4. The van der Waals surface area contributed by atoms with E-state index in [0.29, 0.717) is 5.56 Å². The Morgan fingerprint density at radius 1 is 1.38 bits per heavy atom. The molecule has 0 bridgehead atoms. The maximum Gasteiger partial charge on any atom is 0.328 e. The van der Waals surface area contributed by atoms with Crippen LogP contribution < -0.4 is 5.32 Å². The summed E-state index contributed by atoms with van der Waals surface area (Å²) in [5.74, 6) is -2.42. The molecule has 108 valence electrons. The molecule has 2 N–H and O–H groups in total. The van der Waals surface area contributed by atoms with E-state index in [2.05, 4.69) is 15.5 Å². The Morgan fingerprint density at radius 2 is 2.14 bits per heavy atom. The number of aliphatic carboxylic acids is 1. The van der Waals surface area contributed by atoms with Gasteiger partial charge < -0.3 is 9.52 Å². The molecule has 0 saturated carbocycles. The lowest BCUT2D eigenvalue weighted by Crippen LogP contribution is -2.14. The Bertz CT molecular complexity index is 724. The van der Waals surface area contributed by atoms with E-state index >= 15 is 0 Å². The molecule has 0 aliphatic heterocycles. The number of amides is 1. The summed E-state index contributed by atoms with van der Waals surface area (Å²) >= 11 is 0. The second-order valence-corrected chi connectivity index (χ2v) is 3.99. The number of halogens is 1. The fraction of sp³-hybridized carbons (Fsp3) is 0.0769. The van der Waals surface area contributed by atoms with E-state index in [1.165, 1.54) is 18.2 Å². The van der Waals surface area contributed by atoms with Gasteiger partial charge in [-0.05, 0) is 23.8 Å². The maximum atomic E-state index is 13.7. The molecule has 0 atom stereocenters. The summed E-state index contributed by atoms with van der Waals surface area (Å²) in [6, 6.07) is 3.48. The van der Waals surface area contributed by atoms with Crippen molar-refractivity contribution in [2.75, 3.05) is 5.32 Å². The number of hydrogen-bond donors (Lipinski definition) is 2. The predicted octanol–water partition coefficient (Wildman–Crippen LogP) is 1.87. The molecule has 0 radical (unpaired) electrons. The standard InChI is InChI=1S/C13H10FN3O4/c1-7-16-17-13(21-7)15-12(20)9-6-8(2-4-10(9)14)3-5-11(18)19/h2-6H,1H3,(H,18,19)(H,15,17,20)/b5-3+. The lowest BCUT2D eigenvalue weighted by Gasteiger charge is -2.03. The number of carbonyl (C=O) groups is 2. The second-order valence-electron chi connectivity index (χ2n) is 3.99. The molecule has 21 heavy (non-hydrogen) atoms. The smallest absolute Gasteiger partial charge is 0.328 e. The zero-order chi connectivity index (χ0) is 15.4. The highest BCUT2D eigenvalue weighted by Crippen LogP contribution is 2.14. The van der Waals surface area contributed by atoms with Crippen LogP contribution in [0.2, 0.25) is 0 Å². The van der Waals surface area contributed by atoms with E-state index in [9.17, 15) is 14.0 Å². The number of hydrogen-bond acceptors (Lipinski definition) is 5. The van der Waals surface area contributed by atoms with Gasteiger partial charge in [-0.15, -0.1) is 5.10 Å². The molecule has 2 aromatic rings. The number of carboxylic acid groups (broad SMARTS) is 1. The van der Waals surface area contributed by atoms with Crippen LogP contribution in [0.25, 0.3) is 6.08 Å². The molecule has 0 aliphatic rings. The average molecular weight is 291 g/mol. The van der Waals surface area contributed by atoms with Crippen LogP contribution in [0.15, 0.2) is 28.7 Å². The zero-order valence-electron chi connectivity index (χ0n) is 10.8. The third-order valence-corrected chi connectivity index (χ3v) is 2.40. The van der Waals surface area contributed by atoms with Gasteiger partial charge in [0.2, 0.25) is 5.89 Å². The van der Waals surface area contributed by atoms with Crippen molar-refractivity contribution < 1.29 is 23.5 Å². The number of carboxylic acids is 1. The van der Waals surface area contributed by atoms with Crippen molar-refractivity contribution in [3.63, 3.8) is 0 Å². The number of benzene rings is 1. The Balaban J connectivity index is 2.23. The summed E-state index contributed by atoms with van der Waals surface area (Å²) in [6.45, 7) is 1.54. The first-order chi connectivity index (χ1) is 9.95. The van der Waals surface area contributed by atoms with E-state index in [1.54, 1.807) is 6.92 Å². The van der Waals surface area contributed by atoms with Crippen molar-refractivity contribution in [1.29, 1.82) is 0 Å². The van der Waals surface area contributed by atoms with Gasteiger partial charge in [0.25, 0.3) is 5.91 Å². The molecule has 0 fully saturated rings. The normalized spacial score (nSPS) is 10.8. The van der Waals surface area contributed by atoms with Crippen LogP contribution in [0.3, 0.4) is 0 Å². The van der Waals surface area contributed by atoms with Crippen LogP contribution in [0.1, 0.15) is 21.8 Å². The summed E-state index contributed by atoms with van der Waals surface area (Å²) < 4.78 is 18.6. The van der Waals surface area contributed by atoms with Crippen molar-refractivity contribution >= 4 is 24.0 Å². The molecule has 0 spiro atoms. The monoisotopic (exact) mass is 291 g/mol. The van der Waals surface area contributed by atoms with E-state index in [-0.39, 0.29) is 17.5 Å². The van der Waals surface area contributed by atoms with Crippen molar-refractivity contribution in [3.8, 4) is 0 Å². The predicted molar refractivity (Wildman–Crippen MR) is 70.1 cm³/mol. The number of nitrogens with zero attached hydrogens (tertiary/aromatic N) is 2. The van der Waals surface area contributed by atoms with Crippen LogP contribution in [-0.2, 0) is 4.79 Å². The van der Waals surface area contributed by atoms with Crippen LogP contribution >= 0.6 is 0 Å². The molecule has 1 heterocycles. The molecule has 1 amide bonds. The zero-order valence-corrected chi connectivity index (χ0v) is 10.8. The Labute approximate surface area is 118 Å². The highest BCUT2D eigenvalue weighted by atomic mass is 19.1. The van der Waals surface area contributed by atoms with E-state index in [0.717, 1.165) is 12.1 Å². The molecule has 0 unspecified atom stereocenters. The Hall–Kier alpha value is -3.03. The highest BCUT2D eigenvalue weighted by molar-refractivity contribution is 6.03. The lowest BCUT2D eigenvalue weighted by molar-refractivity contribution is -0.131. The minimum absolute atomic E-state index is 0.150. The largest absolute Gasteiger partial charge is 0.478 e. The fourth-order valence-corrected chi connectivity index (χ4v) is 1.50. The first-order valence-corrected chi connectivity index (χ1v) is 5.78. The number of nitrogens with one attached hydrogen (secondary N) is 1. The van der Waals surface area contributed by atoms with E-state index in [4.69, 9.17) is 9.52 Å². The molecular weight excluding hydrogens is 281 g/mol. The van der Waals surface area contributed by atoms with Gasteiger partial charge in [-0.1, -0.05) is 11.2 Å². The van der Waals surface area contributed by atoms with Crippen molar-refractivity contribution in [3.05, 3.63) is 47.1 Å². The first-order valence-electron chi connectivity index (χ1n) is 5.78. The third-order valence-electron chi connectivity index (χ3n) is 2.40. The Morgan fingerprint density at radius 3 is 2.76 bits per heavy atom. The summed E-state index contributed by atoms with van der Waals surface area (Å²) in [5, 5.41) is 17.9. The molecule has 8 heteroatoms. The molecule has 2 rings (SSSR count). The Kier molecular flexibility index (Phi) is 4.07. The number of rotatable bonds is 4. The minimum atomic E-state index is -1.15. The van der Waals surface area contributed by atoms with Gasteiger partial charge in [-0.3, -0.25) is 10.1 Å². The van der Waals surface area contributed by atoms with Gasteiger partial charge in [-0.25, -0.2) is 9.18 Å². The summed E-state index contributed by atoms with van der Waals surface area (Å²) in [4.78, 5) is 22.3. The van der Waals surface area contributed by atoms with Crippen molar-refractivity contribution in [2.45, 2.75) is 6.92 Å². The van der Waals surface area contributed by atoms with Gasteiger partial charge in [0.05, 0.1) is 5.56 Å². The van der Waals surface area contributed by atoms with Crippen LogP contribution in [0, 0.1) is 12.7 Å². The number of carbonyl (C=O) groups excluding carboxylic acids is 1. The average Bonchev–Trinajstić information content (AvgIpc) is 2.83. The van der Waals surface area contributed by atoms with Crippen molar-refractivity contribution in [2.24, 2.45) is 0 Å². The molecule has 0 saturated heterocycles. The van der Waals surface area contributed by atoms with Gasteiger partial charge in [0.15, 0.2) is 0 Å². The van der Waals surface area contributed by atoms with Gasteiger partial charge in [0.1, 0.15) is 5.82 Å². The molecule has 1 aromatic heterocycles. The van der Waals surface area contributed by atoms with Crippen LogP contribution in [-0.4, -0.2) is 27.2 Å². The quantitative estimate of drug-likeness (QED) is 0.833. The molecule has 1 aromatic carbocycles. The number of aromatic nitrogens is 2. The number of anilines is 1. The van der Waals surface area contributed by atoms with Gasteiger partial charge >= 0.3 is 12.0 Å². The minimum Gasteiger partial charge on any atom is -0.478 e. The summed E-state index contributed by atoms with van der Waals surface area (Å²) in [5.41, 5.74) is 0.101. The molecular formula is C13H10FN3O4. The van der Waals surface area contributed by atoms with Gasteiger partial charge in [-0.2, -0.15) is 0 Å². The number of aryl methyl sites for hydroxylation is 1. The van der Waals surface area contributed by atoms with E-state index < -0.39 is 17.7 Å². The van der Waals surface area contributed by atoms with E-state index in [1.807, 2.05) is 0 Å². The topological polar surface area (TPSA) is 105 Å². The summed E-state index contributed by atoms with van der Waals surface area (Å²) in [6.07, 6.45) is 2.13. The van der Waals surface area contributed by atoms with Crippen LogP contribution in [0.5, 0.6) is 0 Å². The van der Waals surface area contributed by atoms with Gasteiger partial charge in [0, 0.05) is 13.0 Å². The highest BCUT2D eigenvalue weighted by Gasteiger charge is 2.15. The molecule has 0 aliphatic carbocycles. The molecule has 7 nitrogen and oxygen atoms in total. The van der Waals surface area contributed by atoms with Crippen molar-refractivity contribution in [1.82, 2.24) is 10.2 Å². The second kappa shape index (κ2) is 5.95. The SMILES string of the molecule is Cc1nnc(NC(=O)c2cc(/C=C/C(=O)O)ccc2F)o1.